The smallest absolute Gasteiger partial charge is 0.220 e. The highest BCUT2D eigenvalue weighted by atomic mass is 79.9. The van der Waals surface area contributed by atoms with Crippen LogP contribution in [0.1, 0.15) is 16.9 Å². The summed E-state index contributed by atoms with van der Waals surface area (Å²) < 4.78 is 1.08. The molecule has 0 saturated carbocycles. The summed E-state index contributed by atoms with van der Waals surface area (Å²) in [5, 5.41) is 4.98. The van der Waals surface area contributed by atoms with E-state index in [1.165, 1.54) is 10.4 Å². The fourth-order valence-corrected chi connectivity index (χ4v) is 3.30. The molecule has 6 heteroatoms. The van der Waals surface area contributed by atoms with E-state index < -0.39 is 0 Å². The van der Waals surface area contributed by atoms with E-state index in [1.807, 2.05) is 29.6 Å². The highest BCUT2D eigenvalue weighted by Gasteiger charge is 2.04. The third kappa shape index (κ3) is 6.50. The Morgan fingerprint density at radius 2 is 1.95 bits per heavy atom. The largest absolute Gasteiger partial charge is 0.399 e. The number of carbonyl (C=O) groups is 1. The van der Waals surface area contributed by atoms with Crippen LogP contribution in [0.3, 0.4) is 0 Å². The molecule has 0 radical (unpaired) electrons. The minimum Gasteiger partial charge on any atom is -0.399 e. The lowest BCUT2D eigenvalue weighted by molar-refractivity contribution is -0.121. The Labute approximate surface area is 143 Å². The molecule has 1 amide bonds. The maximum absolute atomic E-state index is 11.7. The minimum absolute atomic E-state index is 0. The van der Waals surface area contributed by atoms with Crippen LogP contribution in [-0.2, 0) is 17.6 Å². The van der Waals surface area contributed by atoms with Gasteiger partial charge in [-0.3, -0.25) is 4.79 Å². The lowest BCUT2D eigenvalue weighted by Gasteiger charge is -2.05. The molecule has 1 aromatic heterocycles. The molecule has 0 aliphatic rings. The summed E-state index contributed by atoms with van der Waals surface area (Å²) in [6.07, 6.45) is 2.16. The maximum atomic E-state index is 11.7. The van der Waals surface area contributed by atoms with Crippen molar-refractivity contribution in [2.75, 3.05) is 12.3 Å². The summed E-state index contributed by atoms with van der Waals surface area (Å²) in [6.45, 7) is 0.664. The number of anilines is 1. The zero-order chi connectivity index (χ0) is 14.4. The van der Waals surface area contributed by atoms with Gasteiger partial charge in [0.2, 0.25) is 5.91 Å². The number of aryl methyl sites for hydroxylation is 1. The Morgan fingerprint density at radius 3 is 2.57 bits per heavy atom. The highest BCUT2D eigenvalue weighted by Crippen LogP contribution is 2.20. The van der Waals surface area contributed by atoms with Crippen molar-refractivity contribution < 1.29 is 4.79 Å². The quantitative estimate of drug-likeness (QED) is 0.738. The zero-order valence-corrected chi connectivity index (χ0v) is 14.7. The number of nitrogens with one attached hydrogen (secondary N) is 1. The summed E-state index contributed by atoms with van der Waals surface area (Å²) in [7, 11) is 0. The van der Waals surface area contributed by atoms with Crippen LogP contribution in [0.4, 0.5) is 5.69 Å². The van der Waals surface area contributed by atoms with Crippen LogP contribution in [0.2, 0.25) is 0 Å². The zero-order valence-electron chi connectivity index (χ0n) is 11.5. The minimum atomic E-state index is 0. The van der Waals surface area contributed by atoms with Crippen LogP contribution in [0.5, 0.6) is 0 Å². The second kappa shape index (κ2) is 9.07. The second-order valence-electron chi connectivity index (χ2n) is 4.57. The van der Waals surface area contributed by atoms with Crippen molar-refractivity contribution in [1.29, 1.82) is 0 Å². The summed E-state index contributed by atoms with van der Waals surface area (Å²) in [5.41, 5.74) is 7.57. The number of amides is 1. The molecule has 114 valence electrons. The predicted octanol–water partition coefficient (Wildman–Crippen LogP) is 3.81. The van der Waals surface area contributed by atoms with Crippen molar-refractivity contribution in [1.82, 2.24) is 5.32 Å². The van der Waals surface area contributed by atoms with Gasteiger partial charge in [-0.1, -0.05) is 12.1 Å². The summed E-state index contributed by atoms with van der Waals surface area (Å²) in [5.74, 6) is 0.102. The molecular weight excluding hydrogens is 372 g/mol. The van der Waals surface area contributed by atoms with Gasteiger partial charge in [0.15, 0.2) is 0 Å². The molecule has 0 aliphatic heterocycles. The van der Waals surface area contributed by atoms with E-state index in [9.17, 15) is 4.79 Å². The first-order valence-corrected chi connectivity index (χ1v) is 8.15. The fourth-order valence-electron chi connectivity index (χ4n) is 1.84. The van der Waals surface area contributed by atoms with Crippen LogP contribution < -0.4 is 11.1 Å². The van der Waals surface area contributed by atoms with E-state index in [0.717, 1.165) is 23.0 Å². The van der Waals surface area contributed by atoms with Gasteiger partial charge in [-0.2, -0.15) is 0 Å². The van der Waals surface area contributed by atoms with Crippen molar-refractivity contribution in [3.05, 3.63) is 50.6 Å². The molecule has 0 atom stereocenters. The van der Waals surface area contributed by atoms with Gasteiger partial charge in [-0.05, 0) is 52.5 Å². The average molecular weight is 390 g/mol. The van der Waals surface area contributed by atoms with E-state index in [1.54, 1.807) is 11.3 Å². The molecule has 3 N–H and O–H groups in total. The third-order valence-corrected chi connectivity index (χ3v) is 4.69. The molecule has 0 bridgehead atoms. The molecule has 3 nitrogen and oxygen atoms in total. The van der Waals surface area contributed by atoms with Crippen molar-refractivity contribution in [2.45, 2.75) is 19.3 Å². The Morgan fingerprint density at radius 1 is 1.24 bits per heavy atom. The Bertz CT molecular complexity index is 571. The van der Waals surface area contributed by atoms with Gasteiger partial charge in [-0.15, -0.1) is 23.7 Å². The molecule has 21 heavy (non-hydrogen) atoms. The summed E-state index contributed by atoms with van der Waals surface area (Å²) >= 11 is 5.09. The van der Waals surface area contributed by atoms with Crippen LogP contribution >= 0.6 is 39.7 Å². The van der Waals surface area contributed by atoms with Crippen LogP contribution in [0.25, 0.3) is 0 Å². The first-order chi connectivity index (χ1) is 9.63. The molecule has 2 aromatic rings. The Balaban J connectivity index is 0.00000220. The van der Waals surface area contributed by atoms with E-state index in [2.05, 4.69) is 27.3 Å². The van der Waals surface area contributed by atoms with E-state index in [4.69, 9.17) is 5.73 Å². The number of hydrogen-bond donors (Lipinski definition) is 2. The Kier molecular flexibility index (Phi) is 7.78. The number of rotatable bonds is 6. The summed E-state index contributed by atoms with van der Waals surface area (Å²) in [6, 6.07) is 9.80. The summed E-state index contributed by atoms with van der Waals surface area (Å²) in [4.78, 5) is 13.0. The van der Waals surface area contributed by atoms with Gasteiger partial charge in [0.25, 0.3) is 0 Å². The maximum Gasteiger partial charge on any atom is 0.220 e. The van der Waals surface area contributed by atoms with Gasteiger partial charge in [-0.25, -0.2) is 0 Å². The number of nitrogens with two attached hydrogens (primary N) is 1. The van der Waals surface area contributed by atoms with E-state index >= 15 is 0 Å². The Hall–Kier alpha value is -1.04. The SMILES string of the molecule is Cl.Nc1ccc(CCNC(=O)CCc2cc(Br)cs2)cc1. The number of hydrogen-bond acceptors (Lipinski definition) is 3. The van der Waals surface area contributed by atoms with Crippen LogP contribution in [-0.4, -0.2) is 12.5 Å². The molecule has 0 saturated heterocycles. The molecule has 0 fully saturated rings. The molecule has 0 aliphatic carbocycles. The van der Waals surface area contributed by atoms with Crippen LogP contribution in [0, 0.1) is 0 Å². The molecule has 1 heterocycles. The van der Waals surface area contributed by atoms with Crippen LogP contribution in [0.15, 0.2) is 40.2 Å². The van der Waals surface area contributed by atoms with Crippen molar-refractivity contribution in [3.8, 4) is 0 Å². The van der Waals surface area contributed by atoms with Gasteiger partial charge < -0.3 is 11.1 Å². The van der Waals surface area contributed by atoms with Gasteiger partial charge in [0.05, 0.1) is 0 Å². The fraction of sp³-hybridized carbons (Fsp3) is 0.267. The lowest BCUT2D eigenvalue weighted by Crippen LogP contribution is -2.25. The topological polar surface area (TPSA) is 55.1 Å². The molecule has 0 spiro atoms. The van der Waals surface area contributed by atoms with Gasteiger partial charge in [0, 0.05) is 33.4 Å². The number of halogens is 2. The number of thiophene rings is 1. The number of nitrogen functional groups attached to an aromatic ring is 1. The molecular formula is C15H18BrClN2OS. The molecule has 1 aromatic carbocycles. The van der Waals surface area contributed by atoms with Crippen molar-refractivity contribution in [2.24, 2.45) is 0 Å². The lowest BCUT2D eigenvalue weighted by atomic mass is 10.1. The highest BCUT2D eigenvalue weighted by molar-refractivity contribution is 9.10. The molecule has 2 rings (SSSR count). The average Bonchev–Trinajstić information content (AvgIpc) is 2.85. The normalized spacial score (nSPS) is 9.95. The van der Waals surface area contributed by atoms with Gasteiger partial charge in [0.1, 0.15) is 0 Å². The van der Waals surface area contributed by atoms with E-state index in [0.29, 0.717) is 13.0 Å². The molecule has 0 unspecified atom stereocenters. The first-order valence-electron chi connectivity index (χ1n) is 6.47. The second-order valence-corrected chi connectivity index (χ2v) is 6.48. The standard InChI is InChI=1S/C15H17BrN2OS.ClH/c16-12-9-14(20-10-12)5-6-15(19)18-8-7-11-1-3-13(17)4-2-11;/h1-4,9-10H,5-8,17H2,(H,18,19);1H. The van der Waals surface area contributed by atoms with E-state index in [-0.39, 0.29) is 18.3 Å². The first kappa shape index (κ1) is 18.0. The monoisotopic (exact) mass is 388 g/mol. The van der Waals surface area contributed by atoms with Crippen molar-refractivity contribution in [3.63, 3.8) is 0 Å². The predicted molar refractivity (Wildman–Crippen MR) is 95.2 cm³/mol. The van der Waals surface area contributed by atoms with Gasteiger partial charge >= 0.3 is 0 Å². The third-order valence-electron chi connectivity index (χ3n) is 2.94. The number of carbonyl (C=O) groups excluding carboxylic acids is 1. The number of benzene rings is 1. The van der Waals surface area contributed by atoms with Crippen molar-refractivity contribution >= 4 is 51.3 Å².